The van der Waals surface area contributed by atoms with E-state index in [2.05, 4.69) is 20.5 Å². The number of halogens is 4. The first-order chi connectivity index (χ1) is 24.2. The lowest BCUT2D eigenvalue weighted by atomic mass is 10.1. The van der Waals surface area contributed by atoms with Crippen molar-refractivity contribution in [2.45, 2.75) is 59.3 Å². The van der Waals surface area contributed by atoms with Gasteiger partial charge in [0.25, 0.3) is 17.0 Å². The Balaban J connectivity index is 1.35. The molecular formula is C33H37ClF3N9O5. The summed E-state index contributed by atoms with van der Waals surface area (Å²) in [5, 5.41) is 9.49. The number of hydrogen-bond donors (Lipinski definition) is 2. The summed E-state index contributed by atoms with van der Waals surface area (Å²) in [5.41, 5.74) is -0.0467. The van der Waals surface area contributed by atoms with E-state index in [1.807, 2.05) is 31.7 Å². The first-order valence-electron chi connectivity index (χ1n) is 16.5. The molecule has 0 radical (unpaired) electrons. The van der Waals surface area contributed by atoms with E-state index in [1.165, 1.54) is 17.8 Å². The molecule has 6 rings (SSSR count). The number of rotatable bonds is 8. The van der Waals surface area contributed by atoms with Crippen LogP contribution in [0.5, 0.6) is 0 Å². The number of H-pyrrole nitrogens is 1. The molecule has 14 nitrogen and oxygen atoms in total. The van der Waals surface area contributed by atoms with Gasteiger partial charge in [0.2, 0.25) is 11.7 Å². The normalized spacial score (nSPS) is 15.5. The van der Waals surface area contributed by atoms with Crippen LogP contribution in [0.15, 0.2) is 34.0 Å². The molecule has 2 N–H and O–H groups in total. The summed E-state index contributed by atoms with van der Waals surface area (Å²) in [6.45, 7) is 8.30. The quantitative estimate of drug-likeness (QED) is 0.277. The number of benzene rings is 1. The highest BCUT2D eigenvalue weighted by Crippen LogP contribution is 2.37. The lowest BCUT2D eigenvalue weighted by Gasteiger charge is -2.36. The Bertz CT molecular complexity index is 2160. The third-order valence-electron chi connectivity index (χ3n) is 9.03. The minimum Gasteiger partial charge on any atom is -0.377 e. The third kappa shape index (κ3) is 6.91. The Labute approximate surface area is 294 Å². The van der Waals surface area contributed by atoms with E-state index in [0.717, 1.165) is 22.2 Å². The molecule has 2 amide bonds. The summed E-state index contributed by atoms with van der Waals surface area (Å²) >= 11 is 5.95. The molecule has 51 heavy (non-hydrogen) atoms. The van der Waals surface area contributed by atoms with Crippen LogP contribution in [-0.4, -0.2) is 85.1 Å². The van der Waals surface area contributed by atoms with E-state index in [-0.39, 0.29) is 67.0 Å². The van der Waals surface area contributed by atoms with Crippen molar-refractivity contribution in [3.05, 3.63) is 78.3 Å². The molecule has 0 atom stereocenters. The number of nitrogens with zero attached hydrogens (tertiary/aromatic N) is 7. The summed E-state index contributed by atoms with van der Waals surface area (Å²) in [5.74, 6) is -0.588. The molecule has 2 aliphatic rings. The maximum atomic E-state index is 14.2. The van der Waals surface area contributed by atoms with Crippen LogP contribution in [0.4, 0.5) is 24.5 Å². The highest BCUT2D eigenvalue weighted by molar-refractivity contribution is 6.31. The summed E-state index contributed by atoms with van der Waals surface area (Å²) in [6, 6.07) is 1.78. The molecule has 0 saturated carbocycles. The van der Waals surface area contributed by atoms with E-state index >= 15 is 0 Å². The number of alkyl halides is 3. The molecule has 0 aliphatic carbocycles. The van der Waals surface area contributed by atoms with Crippen molar-refractivity contribution in [3.63, 3.8) is 0 Å². The number of carbonyl (C=O) groups excluding carboxylic acids is 2. The fraction of sp³-hybridized carbons (Fsp3) is 0.455. The number of fused-ring (bicyclic) bond motifs is 1. The van der Waals surface area contributed by atoms with Gasteiger partial charge in [-0.05, 0) is 56.9 Å². The minimum absolute atomic E-state index is 0.0308. The van der Waals surface area contributed by atoms with Crippen LogP contribution in [-0.2, 0) is 28.7 Å². The van der Waals surface area contributed by atoms with E-state index in [4.69, 9.17) is 16.3 Å². The summed E-state index contributed by atoms with van der Waals surface area (Å²) < 4.78 is 49.8. The fourth-order valence-corrected chi connectivity index (χ4v) is 6.66. The second-order valence-corrected chi connectivity index (χ2v) is 13.1. The maximum absolute atomic E-state index is 14.2. The van der Waals surface area contributed by atoms with E-state index in [1.54, 1.807) is 9.47 Å². The number of aryl methyl sites for hydroxylation is 1. The van der Waals surface area contributed by atoms with Crippen molar-refractivity contribution < 1.29 is 27.5 Å². The SMILES string of the molecule is CCc1c(N2CCN(C(=O)c3c[nH]n(C(C)C)c3=O)CC2)c(=O)n2nc(C3=CCOCC3)nc2n1CC(=O)Nc1cc(Cl)c(C(F)(F)F)cc1C. The zero-order chi connectivity index (χ0) is 36.8. The van der Waals surface area contributed by atoms with Gasteiger partial charge in [0.1, 0.15) is 17.8 Å². The van der Waals surface area contributed by atoms with Gasteiger partial charge in [0, 0.05) is 44.1 Å². The van der Waals surface area contributed by atoms with Crippen LogP contribution < -0.4 is 21.3 Å². The number of amides is 2. The Morgan fingerprint density at radius 2 is 1.84 bits per heavy atom. The molecule has 0 unspecified atom stereocenters. The fourth-order valence-electron chi connectivity index (χ4n) is 6.39. The molecule has 0 spiro atoms. The molecule has 1 fully saturated rings. The number of ether oxygens (including phenoxy) is 1. The molecule has 4 aromatic rings. The number of anilines is 2. The highest BCUT2D eigenvalue weighted by atomic mass is 35.5. The van der Waals surface area contributed by atoms with Crippen LogP contribution in [0, 0.1) is 6.92 Å². The van der Waals surface area contributed by atoms with Gasteiger partial charge in [-0.3, -0.25) is 23.9 Å². The molecule has 1 aromatic carbocycles. The monoisotopic (exact) mass is 731 g/mol. The third-order valence-corrected chi connectivity index (χ3v) is 9.35. The van der Waals surface area contributed by atoms with Gasteiger partial charge in [-0.1, -0.05) is 24.6 Å². The average Bonchev–Trinajstić information content (AvgIpc) is 3.72. The molecule has 2 aliphatic heterocycles. The first kappa shape index (κ1) is 35.9. The summed E-state index contributed by atoms with van der Waals surface area (Å²) in [6.07, 6.45) is -0.614. The number of carbonyl (C=O) groups is 2. The van der Waals surface area contributed by atoms with Crippen molar-refractivity contribution in [2.75, 3.05) is 49.6 Å². The summed E-state index contributed by atoms with van der Waals surface area (Å²) in [4.78, 5) is 62.0. The zero-order valence-electron chi connectivity index (χ0n) is 28.4. The van der Waals surface area contributed by atoms with Crippen molar-refractivity contribution in [2.24, 2.45) is 0 Å². The Morgan fingerprint density at radius 3 is 2.45 bits per heavy atom. The maximum Gasteiger partial charge on any atom is 0.417 e. The molecular weight excluding hydrogens is 695 g/mol. The second-order valence-electron chi connectivity index (χ2n) is 12.7. The lowest BCUT2D eigenvalue weighted by molar-refractivity contribution is -0.137. The smallest absolute Gasteiger partial charge is 0.377 e. The van der Waals surface area contributed by atoms with E-state index in [9.17, 15) is 32.3 Å². The molecule has 18 heteroatoms. The first-order valence-corrected chi connectivity index (χ1v) is 16.9. The predicted molar refractivity (Wildman–Crippen MR) is 183 cm³/mol. The summed E-state index contributed by atoms with van der Waals surface area (Å²) in [7, 11) is 0. The van der Waals surface area contributed by atoms with Crippen molar-refractivity contribution in [1.82, 2.24) is 33.8 Å². The standard InChI is InChI=1S/C33H37ClF3N9O5/c1-5-25-27(42-8-10-43(11-9-42)29(48)21-16-38-45(18(2)3)30(21)49)31(50)46-32(40-28(41-46)20-6-12-51-13-7-20)44(25)17-26(47)39-24-15-23(34)22(14-19(24)4)33(35,36)37/h6,14-16,18,38H,5,7-13,17H2,1-4H3,(H,39,47). The Hall–Kier alpha value is -4.90. The van der Waals surface area contributed by atoms with Crippen molar-refractivity contribution in [3.8, 4) is 0 Å². The molecule has 0 bridgehead atoms. The van der Waals surface area contributed by atoms with Gasteiger partial charge in [-0.25, -0.2) is 0 Å². The topological polar surface area (TPSA) is 152 Å². The predicted octanol–water partition coefficient (Wildman–Crippen LogP) is 3.91. The van der Waals surface area contributed by atoms with Crippen LogP contribution in [0.2, 0.25) is 5.02 Å². The minimum atomic E-state index is -4.67. The van der Waals surface area contributed by atoms with Crippen LogP contribution >= 0.6 is 11.6 Å². The average molecular weight is 732 g/mol. The van der Waals surface area contributed by atoms with Gasteiger partial charge >= 0.3 is 6.18 Å². The Kier molecular flexibility index (Phi) is 9.87. The second kappa shape index (κ2) is 14.0. The van der Waals surface area contributed by atoms with Crippen LogP contribution in [0.25, 0.3) is 11.4 Å². The molecule has 5 heterocycles. The van der Waals surface area contributed by atoms with Gasteiger partial charge in [-0.15, -0.1) is 5.10 Å². The van der Waals surface area contributed by atoms with Gasteiger partial charge < -0.3 is 29.5 Å². The van der Waals surface area contributed by atoms with Crippen LogP contribution in [0.3, 0.4) is 0 Å². The van der Waals surface area contributed by atoms with Gasteiger partial charge in [0.05, 0.1) is 29.5 Å². The van der Waals surface area contributed by atoms with Crippen molar-refractivity contribution in [1.29, 1.82) is 0 Å². The van der Waals surface area contributed by atoms with E-state index in [0.29, 0.717) is 37.6 Å². The molecule has 3 aromatic heterocycles. The largest absolute Gasteiger partial charge is 0.417 e. The lowest BCUT2D eigenvalue weighted by Crippen LogP contribution is -2.51. The highest BCUT2D eigenvalue weighted by Gasteiger charge is 2.34. The zero-order valence-corrected chi connectivity index (χ0v) is 29.2. The number of aromatic amines is 1. The number of nitrogens with one attached hydrogen (secondary N) is 2. The number of hydrogen-bond acceptors (Lipinski definition) is 8. The van der Waals surface area contributed by atoms with Crippen LogP contribution in [0.1, 0.15) is 66.2 Å². The molecule has 1 saturated heterocycles. The number of aromatic nitrogens is 6. The van der Waals surface area contributed by atoms with E-state index < -0.39 is 39.7 Å². The van der Waals surface area contributed by atoms with Gasteiger partial charge in [-0.2, -0.15) is 22.7 Å². The molecule has 272 valence electrons. The Morgan fingerprint density at radius 1 is 1.12 bits per heavy atom. The van der Waals surface area contributed by atoms with Gasteiger partial charge in [0.15, 0.2) is 5.82 Å². The van der Waals surface area contributed by atoms with Crippen molar-refractivity contribution >= 4 is 46.1 Å². The number of piperazine rings is 1.